The van der Waals surface area contributed by atoms with Crippen LogP contribution in [0.2, 0.25) is 0 Å². The molecule has 0 radical (unpaired) electrons. The van der Waals surface area contributed by atoms with E-state index in [1.165, 1.54) is 44.9 Å². The summed E-state index contributed by atoms with van der Waals surface area (Å²) in [6.07, 6.45) is 8.93. The van der Waals surface area contributed by atoms with Crippen molar-refractivity contribution < 1.29 is 34.8 Å². The predicted octanol–water partition coefficient (Wildman–Crippen LogP) is 2.90. The lowest BCUT2D eigenvalue weighted by atomic mass is 10.1. The fraction of sp³-hybridized carbons (Fsp3) is 0.812. The van der Waals surface area contributed by atoms with E-state index < -0.39 is 30.4 Å². The van der Waals surface area contributed by atoms with Crippen LogP contribution < -0.4 is 0 Å². The van der Waals surface area contributed by atoms with Crippen molar-refractivity contribution in [2.24, 2.45) is 0 Å². The van der Waals surface area contributed by atoms with Crippen LogP contribution in [0.15, 0.2) is 0 Å². The summed E-state index contributed by atoms with van der Waals surface area (Å²) in [4.78, 5) is 29.6. The van der Waals surface area contributed by atoms with Gasteiger partial charge in [-0.1, -0.05) is 58.3 Å². The van der Waals surface area contributed by atoms with E-state index in [4.69, 9.17) is 20.4 Å². The van der Waals surface area contributed by atoms with Gasteiger partial charge in [0.25, 0.3) is 0 Å². The molecule has 0 saturated heterocycles. The van der Waals surface area contributed by atoms with E-state index in [1.807, 2.05) is 0 Å². The lowest BCUT2D eigenvalue weighted by Gasteiger charge is -2.00. The average molecular weight is 334 g/mol. The van der Waals surface area contributed by atoms with Crippen molar-refractivity contribution >= 4 is 17.9 Å². The van der Waals surface area contributed by atoms with Crippen LogP contribution in [-0.2, 0) is 14.4 Å². The number of aliphatic carboxylic acids is 3. The summed E-state index contributed by atoms with van der Waals surface area (Å²) < 4.78 is 0. The van der Waals surface area contributed by atoms with Crippen molar-refractivity contribution in [2.45, 2.75) is 83.7 Å². The molecule has 0 rings (SSSR count). The minimum Gasteiger partial charge on any atom is -0.481 e. The Bertz CT molecular complexity index is 328. The van der Waals surface area contributed by atoms with Gasteiger partial charge in [-0.2, -0.15) is 0 Å². The Morgan fingerprint density at radius 3 is 1.48 bits per heavy atom. The Kier molecular flexibility index (Phi) is 17.2. The number of carbonyl (C=O) groups is 3. The predicted molar refractivity (Wildman–Crippen MR) is 85.4 cm³/mol. The molecule has 0 spiro atoms. The van der Waals surface area contributed by atoms with Gasteiger partial charge >= 0.3 is 17.9 Å². The van der Waals surface area contributed by atoms with Crippen molar-refractivity contribution in [1.82, 2.24) is 0 Å². The normalized spacial score (nSPS) is 11.2. The third-order valence-electron chi connectivity index (χ3n) is 3.15. The Balaban J connectivity index is 0. The average Bonchev–Trinajstić information content (AvgIpc) is 2.45. The Morgan fingerprint density at radius 2 is 1.17 bits per heavy atom. The highest BCUT2D eigenvalue weighted by Gasteiger charge is 2.16. The largest absolute Gasteiger partial charge is 0.481 e. The highest BCUT2D eigenvalue weighted by molar-refractivity contribution is 5.79. The molecule has 0 fully saturated rings. The second kappa shape index (κ2) is 16.7. The fourth-order valence-corrected chi connectivity index (χ4v) is 1.84. The fourth-order valence-electron chi connectivity index (χ4n) is 1.84. The molecule has 0 bridgehead atoms. The quantitative estimate of drug-likeness (QED) is 0.381. The minimum absolute atomic E-state index is 0.343. The molecule has 0 aliphatic heterocycles. The first-order chi connectivity index (χ1) is 10.8. The highest BCUT2D eigenvalue weighted by Crippen LogP contribution is 2.10. The zero-order chi connectivity index (χ0) is 18.1. The molecule has 0 heterocycles. The number of carboxylic acid groups (broad SMARTS) is 3. The molecule has 1 atom stereocenters. The summed E-state index contributed by atoms with van der Waals surface area (Å²) in [7, 11) is 0. The number of aliphatic hydroxyl groups is 1. The number of hydrogen-bond acceptors (Lipinski definition) is 4. The molecular formula is C16H30O7. The van der Waals surface area contributed by atoms with E-state index in [-0.39, 0.29) is 0 Å². The Morgan fingerprint density at radius 1 is 0.739 bits per heavy atom. The van der Waals surface area contributed by atoms with Gasteiger partial charge in [-0.3, -0.25) is 9.59 Å². The molecule has 0 aliphatic carbocycles. The smallest absolute Gasteiger partial charge is 0.333 e. The molecule has 4 N–H and O–H groups in total. The zero-order valence-corrected chi connectivity index (χ0v) is 13.9. The van der Waals surface area contributed by atoms with Crippen LogP contribution >= 0.6 is 0 Å². The summed E-state index contributed by atoms with van der Waals surface area (Å²) in [6.45, 7) is 2.23. The SMILES string of the molecule is CCCCCCCCCCCC(=O)O.O=C(O)CC(O)C(=O)O. The minimum atomic E-state index is -1.79. The molecule has 23 heavy (non-hydrogen) atoms. The van der Waals surface area contributed by atoms with Crippen LogP contribution in [0.3, 0.4) is 0 Å². The number of aliphatic hydroxyl groups excluding tert-OH is 1. The van der Waals surface area contributed by atoms with Crippen molar-refractivity contribution in [3.8, 4) is 0 Å². The van der Waals surface area contributed by atoms with Crippen molar-refractivity contribution in [3.05, 3.63) is 0 Å². The van der Waals surface area contributed by atoms with E-state index in [2.05, 4.69) is 6.92 Å². The number of unbranched alkanes of at least 4 members (excludes halogenated alkanes) is 8. The molecule has 136 valence electrons. The molecule has 7 nitrogen and oxygen atoms in total. The van der Waals surface area contributed by atoms with Crippen LogP contribution in [0.1, 0.15) is 77.6 Å². The van der Waals surface area contributed by atoms with Gasteiger partial charge in [0.1, 0.15) is 0 Å². The van der Waals surface area contributed by atoms with Gasteiger partial charge in [-0.25, -0.2) is 4.79 Å². The van der Waals surface area contributed by atoms with Crippen LogP contribution in [0.5, 0.6) is 0 Å². The molecule has 7 heteroatoms. The Hall–Kier alpha value is -1.63. The van der Waals surface area contributed by atoms with Gasteiger partial charge in [0.15, 0.2) is 6.10 Å². The monoisotopic (exact) mass is 334 g/mol. The van der Waals surface area contributed by atoms with Crippen LogP contribution in [0.4, 0.5) is 0 Å². The van der Waals surface area contributed by atoms with Gasteiger partial charge in [0.2, 0.25) is 0 Å². The first kappa shape index (κ1) is 23.6. The topological polar surface area (TPSA) is 132 Å². The van der Waals surface area contributed by atoms with Gasteiger partial charge in [0.05, 0.1) is 6.42 Å². The van der Waals surface area contributed by atoms with Crippen molar-refractivity contribution in [2.75, 3.05) is 0 Å². The maximum absolute atomic E-state index is 10.2. The molecule has 0 saturated carbocycles. The molecule has 1 unspecified atom stereocenters. The van der Waals surface area contributed by atoms with E-state index in [0.29, 0.717) is 6.42 Å². The van der Waals surface area contributed by atoms with Crippen LogP contribution in [-0.4, -0.2) is 44.4 Å². The van der Waals surface area contributed by atoms with Gasteiger partial charge in [-0.05, 0) is 6.42 Å². The van der Waals surface area contributed by atoms with Crippen LogP contribution in [0, 0.1) is 0 Å². The first-order valence-corrected chi connectivity index (χ1v) is 8.15. The van der Waals surface area contributed by atoms with Gasteiger partial charge < -0.3 is 20.4 Å². The lowest BCUT2D eigenvalue weighted by Crippen LogP contribution is -2.22. The number of hydrogen-bond donors (Lipinski definition) is 4. The molecule has 0 amide bonds. The van der Waals surface area contributed by atoms with Gasteiger partial charge in [-0.15, -0.1) is 0 Å². The third-order valence-corrected chi connectivity index (χ3v) is 3.15. The summed E-state index contributed by atoms with van der Waals surface area (Å²) >= 11 is 0. The first-order valence-electron chi connectivity index (χ1n) is 8.15. The Labute approximate surface area is 137 Å². The van der Waals surface area contributed by atoms with Gasteiger partial charge in [0, 0.05) is 6.42 Å². The molecular weight excluding hydrogens is 304 g/mol. The highest BCUT2D eigenvalue weighted by atomic mass is 16.4. The molecule has 0 aliphatic rings. The second-order valence-corrected chi connectivity index (χ2v) is 5.42. The standard InChI is InChI=1S/C12H24O2.C4H6O5/c1-2-3-4-5-6-7-8-9-10-11-12(13)14;5-2(4(8)9)1-3(6)7/h2-11H2,1H3,(H,13,14);2,5H,1H2,(H,6,7)(H,8,9). The van der Waals surface area contributed by atoms with E-state index >= 15 is 0 Å². The molecule has 0 aromatic rings. The number of rotatable bonds is 13. The zero-order valence-electron chi connectivity index (χ0n) is 13.9. The summed E-state index contributed by atoms with van der Waals surface area (Å²) in [5.41, 5.74) is 0. The molecule has 0 aromatic heterocycles. The summed E-state index contributed by atoms with van der Waals surface area (Å²) in [5, 5.41) is 32.6. The van der Waals surface area contributed by atoms with E-state index in [0.717, 1.165) is 12.8 Å². The van der Waals surface area contributed by atoms with Crippen LogP contribution in [0.25, 0.3) is 0 Å². The van der Waals surface area contributed by atoms with E-state index in [9.17, 15) is 14.4 Å². The maximum atomic E-state index is 10.2. The van der Waals surface area contributed by atoms with Crippen molar-refractivity contribution in [1.29, 1.82) is 0 Å². The summed E-state index contributed by atoms with van der Waals surface area (Å²) in [6, 6.07) is 0. The second-order valence-electron chi connectivity index (χ2n) is 5.42. The lowest BCUT2D eigenvalue weighted by molar-refractivity contribution is -0.152. The van der Waals surface area contributed by atoms with E-state index in [1.54, 1.807) is 0 Å². The maximum Gasteiger partial charge on any atom is 0.333 e. The summed E-state index contributed by atoms with van der Waals surface area (Å²) in [5.74, 6) is -3.50. The molecule has 0 aromatic carbocycles. The number of carboxylic acids is 3. The third kappa shape index (κ3) is 22.8. The van der Waals surface area contributed by atoms with Crippen molar-refractivity contribution in [3.63, 3.8) is 0 Å².